The number of ether oxygens (including phenoxy) is 1. The van der Waals surface area contributed by atoms with Gasteiger partial charge in [0.25, 0.3) is 0 Å². The van der Waals surface area contributed by atoms with Crippen molar-refractivity contribution in [2.45, 2.75) is 20.3 Å². The fraction of sp³-hybridized carbons (Fsp3) is 0.400. The Balaban J connectivity index is 2.71. The summed E-state index contributed by atoms with van der Waals surface area (Å²) in [6.07, 6.45) is 2.42. The normalized spacial score (nSPS) is 9.69. The van der Waals surface area contributed by atoms with Gasteiger partial charge in [-0.25, -0.2) is 9.78 Å². The Morgan fingerprint density at radius 2 is 2.38 bits per heavy atom. The van der Waals surface area contributed by atoms with E-state index in [-0.39, 0.29) is 5.97 Å². The van der Waals surface area contributed by atoms with E-state index in [0.29, 0.717) is 12.3 Å². The SMILES string of the molecule is CCCOC(=O)c1ncccc1C. The van der Waals surface area contributed by atoms with Crippen molar-refractivity contribution in [3.05, 3.63) is 29.6 Å². The number of aromatic nitrogens is 1. The van der Waals surface area contributed by atoms with Gasteiger partial charge in [-0.2, -0.15) is 0 Å². The standard InChI is InChI=1S/C10H13NO2/c1-3-7-13-10(12)9-8(2)5-4-6-11-9/h4-6H,3,7H2,1-2H3. The highest BCUT2D eigenvalue weighted by Crippen LogP contribution is 2.04. The van der Waals surface area contributed by atoms with Gasteiger partial charge in [0.2, 0.25) is 0 Å². The summed E-state index contributed by atoms with van der Waals surface area (Å²) in [5, 5.41) is 0. The zero-order valence-corrected chi connectivity index (χ0v) is 7.91. The van der Waals surface area contributed by atoms with Crippen LogP contribution in [-0.2, 0) is 4.74 Å². The first kappa shape index (κ1) is 9.71. The molecule has 3 nitrogen and oxygen atoms in total. The molecule has 0 fully saturated rings. The predicted octanol–water partition coefficient (Wildman–Crippen LogP) is 1.96. The molecule has 0 aliphatic carbocycles. The van der Waals surface area contributed by atoms with E-state index in [4.69, 9.17) is 4.74 Å². The van der Waals surface area contributed by atoms with Crippen molar-refractivity contribution in [3.8, 4) is 0 Å². The Hall–Kier alpha value is -1.38. The Morgan fingerprint density at radius 3 is 3.00 bits per heavy atom. The number of esters is 1. The summed E-state index contributed by atoms with van der Waals surface area (Å²) in [5.74, 6) is -0.333. The molecule has 0 saturated carbocycles. The smallest absolute Gasteiger partial charge is 0.357 e. The van der Waals surface area contributed by atoms with Crippen LogP contribution in [-0.4, -0.2) is 17.6 Å². The van der Waals surface area contributed by atoms with Gasteiger partial charge in [0.05, 0.1) is 6.61 Å². The molecule has 3 heteroatoms. The molecule has 0 radical (unpaired) electrons. The van der Waals surface area contributed by atoms with Crippen LogP contribution in [0, 0.1) is 6.92 Å². The Morgan fingerprint density at radius 1 is 1.62 bits per heavy atom. The molecule has 0 bridgehead atoms. The number of rotatable bonds is 3. The fourth-order valence-corrected chi connectivity index (χ4v) is 0.963. The van der Waals surface area contributed by atoms with Crippen LogP contribution in [0.2, 0.25) is 0 Å². The minimum atomic E-state index is -0.333. The summed E-state index contributed by atoms with van der Waals surface area (Å²) in [5.41, 5.74) is 1.26. The molecule has 0 unspecified atom stereocenters. The maximum atomic E-state index is 11.3. The van der Waals surface area contributed by atoms with Crippen LogP contribution in [0.4, 0.5) is 0 Å². The summed E-state index contributed by atoms with van der Waals surface area (Å²) in [4.78, 5) is 15.3. The predicted molar refractivity (Wildman–Crippen MR) is 49.5 cm³/mol. The van der Waals surface area contributed by atoms with Crippen LogP contribution in [0.5, 0.6) is 0 Å². The maximum Gasteiger partial charge on any atom is 0.357 e. The van der Waals surface area contributed by atoms with Gasteiger partial charge < -0.3 is 4.74 Å². The molecule has 0 aromatic carbocycles. The molecule has 0 aliphatic heterocycles. The van der Waals surface area contributed by atoms with Crippen LogP contribution >= 0.6 is 0 Å². The molecule has 0 atom stereocenters. The number of carbonyl (C=O) groups is 1. The molecule has 0 spiro atoms. The summed E-state index contributed by atoms with van der Waals surface area (Å²) < 4.78 is 4.96. The zero-order chi connectivity index (χ0) is 9.68. The summed E-state index contributed by atoms with van der Waals surface area (Å²) >= 11 is 0. The number of pyridine rings is 1. The van der Waals surface area contributed by atoms with Gasteiger partial charge in [0.1, 0.15) is 0 Å². The van der Waals surface area contributed by atoms with Gasteiger partial charge in [-0.1, -0.05) is 13.0 Å². The van der Waals surface area contributed by atoms with E-state index in [1.54, 1.807) is 12.3 Å². The largest absolute Gasteiger partial charge is 0.461 e. The first-order valence-electron chi connectivity index (χ1n) is 4.34. The first-order chi connectivity index (χ1) is 6.25. The van der Waals surface area contributed by atoms with Crippen molar-refractivity contribution in [2.75, 3.05) is 6.61 Å². The topological polar surface area (TPSA) is 39.2 Å². The van der Waals surface area contributed by atoms with E-state index >= 15 is 0 Å². The van der Waals surface area contributed by atoms with Crippen molar-refractivity contribution < 1.29 is 9.53 Å². The van der Waals surface area contributed by atoms with Crippen molar-refractivity contribution in [1.82, 2.24) is 4.98 Å². The molecule has 1 rings (SSSR count). The van der Waals surface area contributed by atoms with Gasteiger partial charge in [-0.05, 0) is 25.0 Å². The minimum absolute atomic E-state index is 0.333. The van der Waals surface area contributed by atoms with E-state index in [0.717, 1.165) is 12.0 Å². The highest BCUT2D eigenvalue weighted by Gasteiger charge is 2.10. The maximum absolute atomic E-state index is 11.3. The van der Waals surface area contributed by atoms with Crippen LogP contribution in [0.3, 0.4) is 0 Å². The molecule has 1 aromatic heterocycles. The zero-order valence-electron chi connectivity index (χ0n) is 7.91. The molecule has 0 aliphatic rings. The number of aryl methyl sites for hydroxylation is 1. The number of carbonyl (C=O) groups excluding carboxylic acids is 1. The molecule has 1 heterocycles. The third-order valence-electron chi connectivity index (χ3n) is 1.64. The summed E-state index contributed by atoms with van der Waals surface area (Å²) in [7, 11) is 0. The van der Waals surface area contributed by atoms with Crippen LogP contribution in [0.25, 0.3) is 0 Å². The third kappa shape index (κ3) is 2.54. The molecule has 0 saturated heterocycles. The third-order valence-corrected chi connectivity index (χ3v) is 1.64. The first-order valence-corrected chi connectivity index (χ1v) is 4.34. The average Bonchev–Trinajstić information content (AvgIpc) is 2.15. The van der Waals surface area contributed by atoms with Gasteiger partial charge >= 0.3 is 5.97 Å². The lowest BCUT2D eigenvalue weighted by molar-refractivity contribution is 0.0497. The molecule has 70 valence electrons. The van der Waals surface area contributed by atoms with E-state index in [1.807, 2.05) is 19.9 Å². The molecule has 0 N–H and O–H groups in total. The van der Waals surface area contributed by atoms with E-state index in [1.165, 1.54) is 0 Å². The quantitative estimate of drug-likeness (QED) is 0.666. The lowest BCUT2D eigenvalue weighted by Gasteiger charge is -2.03. The lowest BCUT2D eigenvalue weighted by atomic mass is 10.2. The van der Waals surface area contributed by atoms with Crippen molar-refractivity contribution in [1.29, 1.82) is 0 Å². The monoisotopic (exact) mass is 179 g/mol. The molecule has 1 aromatic rings. The average molecular weight is 179 g/mol. The van der Waals surface area contributed by atoms with Crippen molar-refractivity contribution in [2.24, 2.45) is 0 Å². The number of hydrogen-bond donors (Lipinski definition) is 0. The highest BCUT2D eigenvalue weighted by atomic mass is 16.5. The highest BCUT2D eigenvalue weighted by molar-refractivity contribution is 5.88. The second-order valence-corrected chi connectivity index (χ2v) is 2.80. The molecule has 0 amide bonds. The van der Waals surface area contributed by atoms with Crippen LogP contribution in [0.15, 0.2) is 18.3 Å². The molecular weight excluding hydrogens is 166 g/mol. The van der Waals surface area contributed by atoms with E-state index < -0.39 is 0 Å². The van der Waals surface area contributed by atoms with Gasteiger partial charge in [-0.15, -0.1) is 0 Å². The van der Waals surface area contributed by atoms with E-state index in [2.05, 4.69) is 4.98 Å². The van der Waals surface area contributed by atoms with Crippen LogP contribution < -0.4 is 0 Å². The Bertz CT molecular complexity index is 297. The van der Waals surface area contributed by atoms with Crippen molar-refractivity contribution in [3.63, 3.8) is 0 Å². The minimum Gasteiger partial charge on any atom is -0.461 e. The molecule has 13 heavy (non-hydrogen) atoms. The summed E-state index contributed by atoms with van der Waals surface area (Å²) in [6, 6.07) is 3.64. The molecular formula is C10H13NO2. The Labute approximate surface area is 77.8 Å². The van der Waals surface area contributed by atoms with E-state index in [9.17, 15) is 4.79 Å². The van der Waals surface area contributed by atoms with Crippen LogP contribution in [0.1, 0.15) is 29.4 Å². The second-order valence-electron chi connectivity index (χ2n) is 2.80. The number of nitrogens with zero attached hydrogens (tertiary/aromatic N) is 1. The fourth-order valence-electron chi connectivity index (χ4n) is 0.963. The number of hydrogen-bond acceptors (Lipinski definition) is 3. The van der Waals surface area contributed by atoms with Gasteiger partial charge in [0.15, 0.2) is 5.69 Å². The van der Waals surface area contributed by atoms with Gasteiger partial charge in [-0.3, -0.25) is 0 Å². The van der Waals surface area contributed by atoms with Crippen molar-refractivity contribution >= 4 is 5.97 Å². The summed E-state index contributed by atoms with van der Waals surface area (Å²) in [6.45, 7) is 4.25. The Kier molecular flexibility index (Phi) is 3.43. The second kappa shape index (κ2) is 4.60. The van der Waals surface area contributed by atoms with Gasteiger partial charge in [0, 0.05) is 6.20 Å². The lowest BCUT2D eigenvalue weighted by Crippen LogP contribution is -2.09.